The smallest absolute Gasteiger partial charge is 0.264 e. The molecule has 9 heteroatoms. The fourth-order valence-electron chi connectivity index (χ4n) is 5.12. The minimum Gasteiger partial charge on any atom is -0.472 e. The van der Waals surface area contributed by atoms with Crippen molar-refractivity contribution in [2.24, 2.45) is 5.92 Å². The van der Waals surface area contributed by atoms with E-state index in [0.29, 0.717) is 12.2 Å². The van der Waals surface area contributed by atoms with Crippen LogP contribution in [0.5, 0.6) is 5.88 Å². The third-order valence-electron chi connectivity index (χ3n) is 6.98. The van der Waals surface area contributed by atoms with Crippen LogP contribution in [0.2, 0.25) is 0 Å². The van der Waals surface area contributed by atoms with Crippen molar-refractivity contribution >= 4 is 21.9 Å². The van der Waals surface area contributed by atoms with Crippen LogP contribution in [0.3, 0.4) is 0 Å². The lowest BCUT2D eigenvalue weighted by molar-refractivity contribution is 0.0825. The van der Waals surface area contributed by atoms with Crippen molar-refractivity contribution in [1.29, 1.82) is 0 Å². The fraction of sp³-hybridized carbons (Fsp3) is 0.370. The van der Waals surface area contributed by atoms with E-state index in [1.54, 1.807) is 18.2 Å². The van der Waals surface area contributed by atoms with E-state index in [0.717, 1.165) is 42.4 Å². The van der Waals surface area contributed by atoms with E-state index >= 15 is 0 Å². The molecule has 2 heterocycles. The lowest BCUT2D eigenvalue weighted by Crippen LogP contribution is -2.41. The number of aromatic nitrogens is 2. The van der Waals surface area contributed by atoms with E-state index < -0.39 is 10.0 Å². The van der Waals surface area contributed by atoms with Crippen LogP contribution in [-0.2, 0) is 10.0 Å². The van der Waals surface area contributed by atoms with Gasteiger partial charge in [-0.25, -0.2) is 18.1 Å². The maximum Gasteiger partial charge on any atom is 0.264 e. The van der Waals surface area contributed by atoms with Crippen LogP contribution in [0, 0.1) is 19.8 Å². The lowest BCUT2D eigenvalue weighted by Gasteiger charge is -2.30. The quantitative estimate of drug-likeness (QED) is 0.524. The Morgan fingerprint density at radius 1 is 0.944 bits per heavy atom. The van der Waals surface area contributed by atoms with Crippen molar-refractivity contribution in [2.75, 3.05) is 11.3 Å². The second-order valence-electron chi connectivity index (χ2n) is 9.58. The maximum atomic E-state index is 13.2. The van der Waals surface area contributed by atoms with E-state index in [2.05, 4.69) is 20.0 Å². The summed E-state index contributed by atoms with van der Waals surface area (Å²) in [6.45, 7) is 4.28. The Labute approximate surface area is 211 Å². The zero-order valence-electron chi connectivity index (χ0n) is 20.5. The van der Waals surface area contributed by atoms with Crippen molar-refractivity contribution in [3.05, 3.63) is 65.2 Å². The second-order valence-corrected chi connectivity index (χ2v) is 11.3. The number of hydrogen-bond acceptors (Lipinski definition) is 6. The number of fused-ring (bicyclic) bond motifs is 4. The van der Waals surface area contributed by atoms with Gasteiger partial charge in [0.15, 0.2) is 0 Å². The van der Waals surface area contributed by atoms with Gasteiger partial charge in [-0.3, -0.25) is 4.79 Å². The number of nitrogens with one attached hydrogen (secondary N) is 2. The molecule has 8 nitrogen and oxygen atoms in total. The summed E-state index contributed by atoms with van der Waals surface area (Å²) in [5, 5.41) is 2.95. The van der Waals surface area contributed by atoms with Gasteiger partial charge in [0.25, 0.3) is 15.9 Å². The standard InChI is InChI=1S/C27H30N4O4S/c1-17-8-6-9-18(2)25(17)22-15-24-30-27(29-22)31-36(33,34)21-13-7-12-20(14-21)26(32)28-16-23(35-24)19-10-4-3-5-11-19/h6-9,12-15,19,23H,3-5,10-11,16H2,1-2H3,(H,28,32)(H,29,30,31)/t23-/m0/s1. The summed E-state index contributed by atoms with van der Waals surface area (Å²) in [6, 6.07) is 13.7. The topological polar surface area (TPSA) is 110 Å². The van der Waals surface area contributed by atoms with Crippen LogP contribution in [0.1, 0.15) is 53.6 Å². The van der Waals surface area contributed by atoms with Gasteiger partial charge in [0.2, 0.25) is 11.8 Å². The predicted molar refractivity (Wildman–Crippen MR) is 138 cm³/mol. The largest absolute Gasteiger partial charge is 0.472 e. The number of benzene rings is 2. The summed E-state index contributed by atoms with van der Waals surface area (Å²) < 4.78 is 35.3. The molecule has 1 atom stereocenters. The molecule has 3 aromatic rings. The Kier molecular flexibility index (Phi) is 6.66. The van der Waals surface area contributed by atoms with Crippen LogP contribution in [0.15, 0.2) is 53.4 Å². The summed E-state index contributed by atoms with van der Waals surface area (Å²) >= 11 is 0. The average Bonchev–Trinajstić information content (AvgIpc) is 2.86. The normalized spacial score (nSPS) is 20.1. The van der Waals surface area contributed by atoms with Crippen LogP contribution < -0.4 is 14.8 Å². The van der Waals surface area contributed by atoms with E-state index in [4.69, 9.17) is 4.74 Å². The molecule has 1 aliphatic heterocycles. The van der Waals surface area contributed by atoms with E-state index in [9.17, 15) is 13.2 Å². The molecule has 2 aromatic carbocycles. The number of amides is 1. The molecule has 1 aromatic heterocycles. The molecule has 1 fully saturated rings. The molecule has 5 rings (SSSR count). The molecule has 2 aliphatic rings. The minimum atomic E-state index is -4.05. The first-order valence-corrected chi connectivity index (χ1v) is 13.8. The van der Waals surface area contributed by atoms with Crippen LogP contribution in [0.4, 0.5) is 5.95 Å². The van der Waals surface area contributed by atoms with E-state index in [-0.39, 0.29) is 40.2 Å². The summed E-state index contributed by atoms with van der Waals surface area (Å²) in [5.41, 5.74) is 3.76. The molecule has 0 radical (unpaired) electrons. The van der Waals surface area contributed by atoms with E-state index in [1.165, 1.54) is 18.6 Å². The number of rotatable bonds is 2. The van der Waals surface area contributed by atoms with Crippen LogP contribution in [-0.4, -0.2) is 36.9 Å². The molecule has 0 spiro atoms. The van der Waals surface area contributed by atoms with Gasteiger partial charge in [0, 0.05) is 17.2 Å². The molecule has 4 bridgehead atoms. The third-order valence-corrected chi connectivity index (χ3v) is 8.31. The van der Waals surface area contributed by atoms with Gasteiger partial charge in [0.1, 0.15) is 6.10 Å². The number of anilines is 1. The van der Waals surface area contributed by atoms with Crippen molar-refractivity contribution in [3.63, 3.8) is 0 Å². The highest BCUT2D eigenvalue weighted by molar-refractivity contribution is 7.92. The van der Waals surface area contributed by atoms with Gasteiger partial charge >= 0.3 is 0 Å². The molecule has 0 unspecified atom stereocenters. The van der Waals surface area contributed by atoms with Crippen molar-refractivity contribution < 1.29 is 17.9 Å². The predicted octanol–water partition coefficient (Wildman–Crippen LogP) is 4.63. The van der Waals surface area contributed by atoms with Crippen molar-refractivity contribution in [2.45, 2.75) is 57.0 Å². The Morgan fingerprint density at radius 2 is 1.67 bits per heavy atom. The van der Waals surface area contributed by atoms with Gasteiger partial charge in [0.05, 0.1) is 17.1 Å². The first-order chi connectivity index (χ1) is 17.3. The molecule has 0 saturated heterocycles. The van der Waals surface area contributed by atoms with Crippen molar-refractivity contribution in [3.8, 4) is 17.1 Å². The molecule has 2 N–H and O–H groups in total. The highest BCUT2D eigenvalue weighted by Gasteiger charge is 2.28. The Bertz CT molecular complexity index is 1380. The summed E-state index contributed by atoms with van der Waals surface area (Å²) in [4.78, 5) is 21.9. The number of hydrogen-bond donors (Lipinski definition) is 2. The zero-order chi connectivity index (χ0) is 25.3. The average molecular weight is 507 g/mol. The minimum absolute atomic E-state index is 0.0400. The molecule has 1 amide bonds. The molecular formula is C27H30N4O4S. The highest BCUT2D eigenvalue weighted by Crippen LogP contribution is 2.32. The Hall–Kier alpha value is -3.46. The van der Waals surface area contributed by atoms with Gasteiger partial charge in [-0.1, -0.05) is 43.5 Å². The number of aryl methyl sites for hydroxylation is 2. The molecular weight excluding hydrogens is 476 g/mol. The maximum absolute atomic E-state index is 13.2. The Morgan fingerprint density at radius 3 is 2.42 bits per heavy atom. The van der Waals surface area contributed by atoms with Gasteiger partial charge < -0.3 is 10.1 Å². The molecule has 188 valence electrons. The number of carbonyl (C=O) groups excluding carboxylic acids is 1. The number of sulfonamides is 1. The first kappa shape index (κ1) is 24.2. The number of carbonyl (C=O) groups is 1. The van der Waals surface area contributed by atoms with Gasteiger partial charge in [-0.15, -0.1) is 0 Å². The summed E-state index contributed by atoms with van der Waals surface area (Å²) in [7, 11) is -4.05. The second kappa shape index (κ2) is 9.89. The van der Waals surface area contributed by atoms with Crippen molar-refractivity contribution in [1.82, 2.24) is 15.3 Å². The SMILES string of the molecule is Cc1cccc(C)c1-c1cc2nc(n1)NS(=O)(=O)c1cccc(c1)C(=O)NC[C@@H](C1CCCCC1)O2. The monoisotopic (exact) mass is 506 g/mol. The van der Waals surface area contributed by atoms with Crippen LogP contribution >= 0.6 is 0 Å². The fourth-order valence-corrected chi connectivity index (χ4v) is 6.11. The lowest BCUT2D eigenvalue weighted by atomic mass is 9.85. The molecule has 1 saturated carbocycles. The summed E-state index contributed by atoms with van der Waals surface area (Å²) in [5.74, 6) is 0.117. The van der Waals surface area contributed by atoms with Crippen LogP contribution in [0.25, 0.3) is 11.3 Å². The van der Waals surface area contributed by atoms with Gasteiger partial charge in [-0.2, -0.15) is 4.98 Å². The first-order valence-electron chi connectivity index (χ1n) is 12.3. The molecule has 1 aliphatic carbocycles. The Balaban J connectivity index is 1.64. The third kappa shape index (κ3) is 5.06. The summed E-state index contributed by atoms with van der Waals surface area (Å²) in [6.07, 6.45) is 5.13. The molecule has 36 heavy (non-hydrogen) atoms. The van der Waals surface area contributed by atoms with E-state index in [1.807, 2.05) is 32.0 Å². The number of nitrogens with zero attached hydrogens (tertiary/aromatic N) is 2. The van der Waals surface area contributed by atoms with Gasteiger partial charge in [-0.05, 0) is 61.9 Å². The highest BCUT2D eigenvalue weighted by atomic mass is 32.2. The zero-order valence-corrected chi connectivity index (χ0v) is 21.3. The number of ether oxygens (including phenoxy) is 1.